The number of hydrogen-bond donors (Lipinski definition) is 7. The Morgan fingerprint density at radius 1 is 0.559 bits per heavy atom. The van der Waals surface area contributed by atoms with E-state index in [2.05, 4.69) is 37.2 Å². The SMILES string of the molecule is CC(C)CCC(=O)N[C@@H]1C(=O)N[C@@H](C)C(=O)N[C@@H](Cc2ccccc2)C(=O)N[C@H](CC(C)C)C(=O)N[C@H](CC(C)C)C(=O)N[C@@H](CC(C)C)C(=O)N[C@@H](C)C(=O)O[C@@H]1C. The van der Waals surface area contributed by atoms with Crippen LogP contribution < -0.4 is 37.2 Å². The van der Waals surface area contributed by atoms with Crippen molar-refractivity contribution >= 4 is 47.3 Å². The van der Waals surface area contributed by atoms with E-state index >= 15 is 0 Å². The highest BCUT2D eigenvalue weighted by molar-refractivity contribution is 5.97. The average molecular weight is 828 g/mol. The summed E-state index contributed by atoms with van der Waals surface area (Å²) < 4.78 is 5.62. The Labute approximate surface area is 349 Å². The molecule has 8 atom stereocenters. The molecule has 0 unspecified atom stereocenters. The zero-order chi connectivity index (χ0) is 44.6. The molecule has 0 aliphatic carbocycles. The first-order valence-corrected chi connectivity index (χ1v) is 20.9. The second kappa shape index (κ2) is 24.2. The van der Waals surface area contributed by atoms with Crippen LogP contribution in [0.1, 0.15) is 114 Å². The van der Waals surface area contributed by atoms with Crippen molar-refractivity contribution in [3.05, 3.63) is 35.9 Å². The molecule has 0 bridgehead atoms. The molecule has 7 N–H and O–H groups in total. The summed E-state index contributed by atoms with van der Waals surface area (Å²) in [6.45, 7) is 19.3. The van der Waals surface area contributed by atoms with E-state index in [1.807, 2.05) is 55.4 Å². The van der Waals surface area contributed by atoms with Crippen LogP contribution in [0.15, 0.2) is 30.3 Å². The van der Waals surface area contributed by atoms with Gasteiger partial charge in [0.05, 0.1) is 0 Å². The van der Waals surface area contributed by atoms with Crippen LogP contribution in [0.5, 0.6) is 0 Å². The Morgan fingerprint density at radius 3 is 1.44 bits per heavy atom. The highest BCUT2D eigenvalue weighted by atomic mass is 16.5. The lowest BCUT2D eigenvalue weighted by atomic mass is 9.98. The van der Waals surface area contributed by atoms with Gasteiger partial charge in [0, 0.05) is 12.8 Å². The summed E-state index contributed by atoms with van der Waals surface area (Å²) in [5.74, 6) is -5.60. The maximum Gasteiger partial charge on any atom is 0.328 e. The maximum absolute atomic E-state index is 14.1. The highest BCUT2D eigenvalue weighted by Crippen LogP contribution is 2.14. The number of amides is 7. The van der Waals surface area contributed by atoms with E-state index in [-0.39, 0.29) is 55.8 Å². The molecule has 0 radical (unpaired) electrons. The summed E-state index contributed by atoms with van der Waals surface area (Å²) >= 11 is 0. The smallest absolute Gasteiger partial charge is 0.328 e. The first kappa shape index (κ1) is 50.1. The molecule has 16 heteroatoms. The second-order valence-electron chi connectivity index (χ2n) is 17.4. The van der Waals surface area contributed by atoms with E-state index in [0.29, 0.717) is 12.0 Å². The maximum atomic E-state index is 14.1. The minimum atomic E-state index is -1.45. The van der Waals surface area contributed by atoms with Gasteiger partial charge in [-0.05, 0) is 75.7 Å². The summed E-state index contributed by atoms with van der Waals surface area (Å²) in [5.41, 5.74) is 0.707. The number of carbonyl (C=O) groups is 8. The highest BCUT2D eigenvalue weighted by Gasteiger charge is 2.36. The Morgan fingerprint density at radius 2 is 0.983 bits per heavy atom. The van der Waals surface area contributed by atoms with Crippen molar-refractivity contribution in [2.24, 2.45) is 23.7 Å². The summed E-state index contributed by atoms with van der Waals surface area (Å²) in [6.07, 6.45) is -0.0270. The van der Waals surface area contributed by atoms with Gasteiger partial charge in [0.2, 0.25) is 41.4 Å². The molecule has 1 aliphatic rings. The third-order valence-electron chi connectivity index (χ3n) is 9.72. The van der Waals surface area contributed by atoms with Gasteiger partial charge in [0.1, 0.15) is 48.4 Å². The number of ether oxygens (including phenoxy) is 1. The minimum absolute atomic E-state index is 0.0342. The molecule has 0 saturated carbocycles. The van der Waals surface area contributed by atoms with Crippen molar-refractivity contribution in [2.75, 3.05) is 0 Å². The number of rotatable bonds is 12. The van der Waals surface area contributed by atoms with Gasteiger partial charge in [0.25, 0.3) is 0 Å². The predicted octanol–water partition coefficient (Wildman–Crippen LogP) is 2.18. The Kier molecular flexibility index (Phi) is 20.5. The zero-order valence-electron chi connectivity index (χ0n) is 36.7. The number of nitrogens with one attached hydrogen (secondary N) is 7. The van der Waals surface area contributed by atoms with Gasteiger partial charge in [-0.1, -0.05) is 85.7 Å². The normalized spacial score (nSPS) is 26.1. The van der Waals surface area contributed by atoms with Gasteiger partial charge in [-0.15, -0.1) is 0 Å². The average Bonchev–Trinajstić information content (AvgIpc) is 3.14. The topological polar surface area (TPSA) is 230 Å². The summed E-state index contributed by atoms with van der Waals surface area (Å²) in [4.78, 5) is 110. The third-order valence-corrected chi connectivity index (χ3v) is 9.72. The molecule has 1 aliphatic heterocycles. The van der Waals surface area contributed by atoms with E-state index in [0.717, 1.165) is 0 Å². The van der Waals surface area contributed by atoms with Crippen molar-refractivity contribution in [3.63, 3.8) is 0 Å². The fraction of sp³-hybridized carbons (Fsp3) is 0.674. The lowest BCUT2D eigenvalue weighted by Gasteiger charge is -2.30. The van der Waals surface area contributed by atoms with Crippen LogP contribution in [0.3, 0.4) is 0 Å². The molecule has 0 spiro atoms. The van der Waals surface area contributed by atoms with Crippen molar-refractivity contribution < 1.29 is 43.1 Å². The van der Waals surface area contributed by atoms with E-state index in [9.17, 15) is 38.4 Å². The van der Waals surface area contributed by atoms with Gasteiger partial charge in [-0.25, -0.2) is 4.79 Å². The van der Waals surface area contributed by atoms with Gasteiger partial charge in [0.15, 0.2) is 0 Å². The molecule has 1 fully saturated rings. The summed E-state index contributed by atoms with van der Waals surface area (Å²) in [5, 5.41) is 18.9. The Bertz CT molecular complexity index is 1600. The number of cyclic esters (lactones) is 1. The quantitative estimate of drug-likeness (QED) is 0.153. The van der Waals surface area contributed by atoms with Crippen molar-refractivity contribution in [3.8, 4) is 0 Å². The van der Waals surface area contributed by atoms with Crippen LogP contribution in [0.2, 0.25) is 0 Å². The van der Waals surface area contributed by atoms with Crippen LogP contribution in [0.4, 0.5) is 0 Å². The molecule has 7 amide bonds. The van der Waals surface area contributed by atoms with Crippen molar-refractivity contribution in [1.82, 2.24) is 37.2 Å². The van der Waals surface area contributed by atoms with Gasteiger partial charge < -0.3 is 42.0 Å². The molecule has 0 aromatic heterocycles. The Hall–Kier alpha value is -5.02. The fourth-order valence-corrected chi connectivity index (χ4v) is 6.44. The van der Waals surface area contributed by atoms with Crippen LogP contribution in [-0.4, -0.2) is 95.7 Å². The lowest BCUT2D eigenvalue weighted by Crippen LogP contribution is -2.61. The van der Waals surface area contributed by atoms with Crippen molar-refractivity contribution in [1.29, 1.82) is 0 Å². The van der Waals surface area contributed by atoms with Crippen LogP contribution in [0, 0.1) is 23.7 Å². The first-order chi connectivity index (χ1) is 27.6. The van der Waals surface area contributed by atoms with Crippen molar-refractivity contribution in [2.45, 2.75) is 163 Å². The Balaban J connectivity index is 2.66. The molecule has 1 aromatic rings. The molecule has 330 valence electrons. The second-order valence-corrected chi connectivity index (χ2v) is 17.4. The van der Waals surface area contributed by atoms with E-state index in [1.165, 1.54) is 20.8 Å². The molecule has 16 nitrogen and oxygen atoms in total. The predicted molar refractivity (Wildman–Crippen MR) is 223 cm³/mol. The third kappa shape index (κ3) is 17.8. The summed E-state index contributed by atoms with van der Waals surface area (Å²) in [7, 11) is 0. The van der Waals surface area contributed by atoms with E-state index in [4.69, 9.17) is 4.74 Å². The van der Waals surface area contributed by atoms with Crippen LogP contribution in [0.25, 0.3) is 0 Å². The molecular formula is C43H69N7O9. The number of hydrogen-bond acceptors (Lipinski definition) is 9. The van der Waals surface area contributed by atoms with Crippen LogP contribution >= 0.6 is 0 Å². The molecule has 59 heavy (non-hydrogen) atoms. The van der Waals surface area contributed by atoms with Gasteiger partial charge in [-0.2, -0.15) is 0 Å². The van der Waals surface area contributed by atoms with E-state index < -0.39 is 95.7 Å². The first-order valence-electron chi connectivity index (χ1n) is 20.9. The fourth-order valence-electron chi connectivity index (χ4n) is 6.44. The molecule has 2 rings (SSSR count). The number of carbonyl (C=O) groups excluding carboxylic acids is 8. The number of esters is 1. The summed E-state index contributed by atoms with van der Waals surface area (Å²) in [6, 6.07) is 0.483. The molecule has 1 saturated heterocycles. The largest absolute Gasteiger partial charge is 0.458 e. The zero-order valence-corrected chi connectivity index (χ0v) is 36.7. The molecule has 1 aromatic carbocycles. The van der Waals surface area contributed by atoms with Gasteiger partial charge in [-0.3, -0.25) is 33.6 Å². The molecule has 1 heterocycles. The lowest BCUT2D eigenvalue weighted by molar-refractivity contribution is -0.155. The van der Waals surface area contributed by atoms with Crippen LogP contribution in [-0.2, 0) is 49.5 Å². The minimum Gasteiger partial charge on any atom is -0.458 e. The molecular weight excluding hydrogens is 759 g/mol. The monoisotopic (exact) mass is 828 g/mol. The van der Waals surface area contributed by atoms with E-state index in [1.54, 1.807) is 30.3 Å². The number of benzene rings is 1. The standard InChI is InChI=1S/C43H69N7O9/c1-23(2)17-18-35(51)50-36-29(11)59-43(58)28(10)45-38(53)31(19-24(3)4)47-39(54)32(20-25(5)6)48-40(55)33(21-26(7)8)49-41(56)34(22-30-15-13-12-14-16-30)46-37(52)27(9)44-42(36)57/h12-16,23-29,31-34,36H,17-22H2,1-11H3,(H,44,57)(H,45,53)(H,46,52)(H,47,54)(H,48,55)(H,49,56)(H,50,51)/t27-,28-,29+,31-,32+,33+,34-,36-/m0/s1. The van der Waals surface area contributed by atoms with Gasteiger partial charge >= 0.3 is 5.97 Å².